The average molecular weight is 348 g/mol. The minimum absolute atomic E-state index is 0.127. The first-order chi connectivity index (χ1) is 10.7. The number of benzene rings is 1. The Balaban J connectivity index is 0.000000640. The molecule has 0 saturated heterocycles. The van der Waals surface area contributed by atoms with E-state index in [2.05, 4.69) is 10.3 Å². The summed E-state index contributed by atoms with van der Waals surface area (Å²) in [7, 11) is 0. The molecule has 24 heavy (non-hydrogen) atoms. The lowest BCUT2D eigenvalue weighted by molar-refractivity contribution is -0.539. The van der Waals surface area contributed by atoms with E-state index < -0.39 is 18.1 Å². The summed E-state index contributed by atoms with van der Waals surface area (Å²) in [5.41, 5.74) is 12.0. The number of carbonyl (C=O) groups is 2. The fourth-order valence-corrected chi connectivity index (χ4v) is 1.34. The molecule has 1 aromatic rings. The van der Waals surface area contributed by atoms with Gasteiger partial charge in [0.1, 0.15) is 5.97 Å². The van der Waals surface area contributed by atoms with Crippen molar-refractivity contribution in [1.29, 1.82) is 0 Å². The minimum Gasteiger partial charge on any atom is -0.542 e. The van der Waals surface area contributed by atoms with Gasteiger partial charge in [-0.1, -0.05) is 6.07 Å². The lowest BCUT2D eigenvalue weighted by Gasteiger charge is -2.11. The van der Waals surface area contributed by atoms with Crippen LogP contribution < -0.4 is 26.9 Å². The zero-order valence-corrected chi connectivity index (χ0v) is 13.3. The number of aliphatic carboxylic acids is 1. The highest BCUT2D eigenvalue weighted by Crippen LogP contribution is 2.11. The van der Waals surface area contributed by atoms with Gasteiger partial charge in [0.25, 0.3) is 0 Å². The van der Waals surface area contributed by atoms with Gasteiger partial charge >= 0.3 is 12.1 Å². The summed E-state index contributed by atoms with van der Waals surface area (Å²) in [5.74, 6) is -3.04. The van der Waals surface area contributed by atoms with E-state index in [0.29, 0.717) is 11.5 Å². The van der Waals surface area contributed by atoms with E-state index in [-0.39, 0.29) is 5.54 Å². The van der Waals surface area contributed by atoms with Crippen molar-refractivity contribution < 1.29 is 32.9 Å². The molecule has 0 spiro atoms. The Morgan fingerprint density at radius 2 is 1.67 bits per heavy atom. The van der Waals surface area contributed by atoms with Crippen LogP contribution >= 0.6 is 0 Å². The van der Waals surface area contributed by atoms with E-state index in [9.17, 15) is 18.0 Å². The molecule has 1 aromatic carbocycles. The van der Waals surface area contributed by atoms with Crippen molar-refractivity contribution in [2.24, 2.45) is 11.5 Å². The number of carbonyl (C=O) groups excluding carboxylic acids is 2. The number of guanidine groups is 1. The highest BCUT2D eigenvalue weighted by Gasteiger charge is 2.28. The summed E-state index contributed by atoms with van der Waals surface area (Å²) in [6.07, 6.45) is -5.19. The summed E-state index contributed by atoms with van der Waals surface area (Å²) < 4.78 is 31.5. The fourth-order valence-electron chi connectivity index (χ4n) is 1.34. The maximum atomic E-state index is 11.0. The van der Waals surface area contributed by atoms with E-state index in [0.717, 1.165) is 5.69 Å². The molecular formula is C14H19F3N4O3. The van der Waals surface area contributed by atoms with Gasteiger partial charge in [0.2, 0.25) is 5.91 Å². The molecule has 7 nitrogen and oxygen atoms in total. The summed E-state index contributed by atoms with van der Waals surface area (Å²) in [5, 5.41) is 11.8. The smallest absolute Gasteiger partial charge is 0.430 e. The van der Waals surface area contributed by atoms with Crippen LogP contribution in [0.25, 0.3) is 0 Å². The topological polar surface area (TPSA) is 135 Å². The summed E-state index contributed by atoms with van der Waals surface area (Å²) >= 11 is 0. The molecule has 1 amide bonds. The fraction of sp³-hybridized carbons (Fsp3) is 0.357. The van der Waals surface area contributed by atoms with Crippen molar-refractivity contribution >= 4 is 23.5 Å². The SMILES string of the molecule is CC(C)(C)[NH+]=C(N)Nc1cccc(C(N)=O)c1.O=C([O-])C(F)(F)F. The zero-order valence-electron chi connectivity index (χ0n) is 13.3. The van der Waals surface area contributed by atoms with Gasteiger partial charge in [-0.25, -0.2) is 5.32 Å². The predicted octanol–water partition coefficient (Wildman–Crippen LogP) is -1.31. The third-order valence-electron chi connectivity index (χ3n) is 2.17. The van der Waals surface area contributed by atoms with Gasteiger partial charge in [0.05, 0.1) is 11.2 Å². The molecule has 0 unspecified atom stereocenters. The summed E-state index contributed by atoms with van der Waals surface area (Å²) in [4.78, 5) is 22.9. The van der Waals surface area contributed by atoms with Gasteiger partial charge in [0.15, 0.2) is 0 Å². The van der Waals surface area contributed by atoms with Gasteiger partial charge in [-0.3, -0.25) is 15.5 Å². The molecule has 6 N–H and O–H groups in total. The normalized spacial score (nSPS) is 12.0. The molecule has 10 heteroatoms. The van der Waals surface area contributed by atoms with Crippen molar-refractivity contribution in [1.82, 2.24) is 0 Å². The van der Waals surface area contributed by atoms with E-state index in [4.69, 9.17) is 21.4 Å². The van der Waals surface area contributed by atoms with E-state index >= 15 is 0 Å². The van der Waals surface area contributed by atoms with Gasteiger partial charge in [-0.05, 0) is 39.0 Å². The number of nitrogens with two attached hydrogens (primary N) is 2. The van der Waals surface area contributed by atoms with Crippen LogP contribution in [0, 0.1) is 0 Å². The van der Waals surface area contributed by atoms with Crippen LogP contribution in [0.1, 0.15) is 31.1 Å². The summed E-state index contributed by atoms with van der Waals surface area (Å²) in [6, 6.07) is 6.86. The second-order valence-corrected chi connectivity index (χ2v) is 5.64. The third kappa shape index (κ3) is 9.28. The van der Waals surface area contributed by atoms with Gasteiger partial charge in [-0.2, -0.15) is 13.2 Å². The summed E-state index contributed by atoms with van der Waals surface area (Å²) in [6.45, 7) is 6.00. The number of amides is 1. The lowest BCUT2D eigenvalue weighted by Crippen LogP contribution is -2.87. The molecule has 0 fully saturated rings. The second kappa shape index (κ2) is 8.18. The molecule has 1 rings (SSSR count). The predicted molar refractivity (Wildman–Crippen MR) is 79.6 cm³/mol. The molecule has 0 heterocycles. The van der Waals surface area contributed by atoms with Gasteiger partial charge in [-0.15, -0.1) is 0 Å². The Kier molecular flexibility index (Phi) is 7.23. The number of rotatable bonds is 2. The Bertz CT molecular complexity index is 622. The van der Waals surface area contributed by atoms with Crippen LogP contribution in [-0.4, -0.2) is 29.6 Å². The zero-order chi connectivity index (χ0) is 19.1. The Morgan fingerprint density at radius 3 is 2.04 bits per heavy atom. The Labute approximate surface area is 136 Å². The van der Waals surface area contributed by atoms with Gasteiger partial charge in [0, 0.05) is 5.56 Å². The number of alkyl halides is 3. The molecule has 0 radical (unpaired) electrons. The van der Waals surface area contributed by atoms with Crippen molar-refractivity contribution in [3.05, 3.63) is 29.8 Å². The number of halogens is 3. The first-order valence-electron chi connectivity index (χ1n) is 6.58. The largest absolute Gasteiger partial charge is 0.542 e. The standard InChI is InChI=1S/C12H18N4O.C2HF3O2/c1-12(2,3)16-11(14)15-9-6-4-5-8(7-9)10(13)17;3-2(4,5)1(6)7/h4-7H,1-3H3,(H2,13,17)(H3,14,15,16);(H,6,7). The van der Waals surface area contributed by atoms with Crippen LogP contribution in [0.2, 0.25) is 0 Å². The first-order valence-corrected chi connectivity index (χ1v) is 6.58. The van der Waals surface area contributed by atoms with E-state index in [1.807, 2.05) is 26.8 Å². The van der Waals surface area contributed by atoms with E-state index in [1.54, 1.807) is 18.2 Å². The molecule has 0 saturated carbocycles. The second-order valence-electron chi connectivity index (χ2n) is 5.64. The number of hydrogen-bond acceptors (Lipinski definition) is 3. The molecule has 0 aliphatic carbocycles. The molecule has 134 valence electrons. The highest BCUT2D eigenvalue weighted by atomic mass is 19.4. The van der Waals surface area contributed by atoms with Crippen LogP contribution in [0.3, 0.4) is 0 Å². The number of hydrogen-bond donors (Lipinski definition) is 4. The number of carboxylic acids is 1. The van der Waals surface area contributed by atoms with Crippen LogP contribution in [0.5, 0.6) is 0 Å². The van der Waals surface area contributed by atoms with Crippen LogP contribution in [0.15, 0.2) is 24.3 Å². The molecule has 0 aliphatic rings. The molecule has 0 aliphatic heterocycles. The molecular weight excluding hydrogens is 329 g/mol. The number of nitrogens with one attached hydrogen (secondary N) is 2. The number of primary amides is 1. The maximum Gasteiger partial charge on any atom is 0.430 e. The minimum atomic E-state index is -5.19. The maximum absolute atomic E-state index is 11.0. The number of anilines is 1. The van der Waals surface area contributed by atoms with Crippen LogP contribution in [-0.2, 0) is 4.79 Å². The molecule has 0 aromatic heterocycles. The monoisotopic (exact) mass is 348 g/mol. The van der Waals surface area contributed by atoms with Crippen molar-refractivity contribution in [2.45, 2.75) is 32.5 Å². The quantitative estimate of drug-likeness (QED) is 0.389. The Morgan fingerprint density at radius 1 is 1.17 bits per heavy atom. The van der Waals surface area contributed by atoms with Crippen molar-refractivity contribution in [3.8, 4) is 0 Å². The van der Waals surface area contributed by atoms with Crippen molar-refractivity contribution in [2.75, 3.05) is 5.32 Å². The molecule has 0 atom stereocenters. The van der Waals surface area contributed by atoms with Crippen LogP contribution in [0.4, 0.5) is 18.9 Å². The molecule has 0 bridgehead atoms. The highest BCUT2D eigenvalue weighted by molar-refractivity contribution is 5.95. The lowest BCUT2D eigenvalue weighted by atomic mass is 10.1. The number of carboxylic acid groups (broad SMARTS) is 1. The third-order valence-corrected chi connectivity index (χ3v) is 2.17. The van der Waals surface area contributed by atoms with E-state index in [1.165, 1.54) is 0 Å². The van der Waals surface area contributed by atoms with Gasteiger partial charge < -0.3 is 15.6 Å². The Hall–Kier alpha value is -2.78. The first kappa shape index (κ1) is 21.2. The van der Waals surface area contributed by atoms with Crippen molar-refractivity contribution in [3.63, 3.8) is 0 Å². The average Bonchev–Trinajstić information content (AvgIpc) is 2.36.